The van der Waals surface area contributed by atoms with Crippen molar-refractivity contribution >= 4 is 22.8 Å². The summed E-state index contributed by atoms with van der Waals surface area (Å²) in [6, 6.07) is 6.12. The van der Waals surface area contributed by atoms with Gasteiger partial charge in [-0.3, -0.25) is 0 Å². The van der Waals surface area contributed by atoms with Gasteiger partial charge >= 0.3 is 0 Å². The van der Waals surface area contributed by atoms with Crippen LogP contribution in [-0.4, -0.2) is 22.1 Å². The highest BCUT2D eigenvalue weighted by molar-refractivity contribution is 6.03. The predicted molar refractivity (Wildman–Crippen MR) is 82.1 cm³/mol. The lowest BCUT2D eigenvalue weighted by atomic mass is 9.88. The van der Waals surface area contributed by atoms with Gasteiger partial charge < -0.3 is 21.2 Å². The van der Waals surface area contributed by atoms with Crippen LogP contribution in [0.4, 0.5) is 11.8 Å². The van der Waals surface area contributed by atoms with Crippen molar-refractivity contribution < 1.29 is 4.74 Å². The normalized spacial score (nSPS) is 13.0. The van der Waals surface area contributed by atoms with Crippen LogP contribution in [0.25, 0.3) is 22.2 Å². The molecule has 0 unspecified atom stereocenters. The fourth-order valence-corrected chi connectivity index (χ4v) is 3.07. The highest BCUT2D eigenvalue weighted by Gasteiger charge is 2.24. The maximum atomic E-state index is 6.07. The molecule has 2 heterocycles. The SMILES string of the molecule is COc1ccc2c(c1)-c1c([nH]c3nc(N)nc(N)c13)CC2. The number of ether oxygens (including phenoxy) is 1. The van der Waals surface area contributed by atoms with Gasteiger partial charge in [0.25, 0.3) is 0 Å². The third-order valence-corrected chi connectivity index (χ3v) is 4.01. The third-order valence-electron chi connectivity index (χ3n) is 4.01. The smallest absolute Gasteiger partial charge is 0.223 e. The molecule has 4 rings (SSSR count). The Hall–Kier alpha value is -2.76. The van der Waals surface area contributed by atoms with E-state index < -0.39 is 0 Å². The average molecular weight is 281 g/mol. The second kappa shape index (κ2) is 4.12. The molecule has 1 aliphatic carbocycles. The van der Waals surface area contributed by atoms with Gasteiger partial charge in [-0.25, -0.2) is 0 Å². The molecule has 0 atom stereocenters. The molecule has 5 N–H and O–H groups in total. The number of aromatic nitrogens is 3. The van der Waals surface area contributed by atoms with E-state index in [1.54, 1.807) is 7.11 Å². The topological polar surface area (TPSA) is 103 Å². The number of rotatable bonds is 1. The zero-order valence-electron chi connectivity index (χ0n) is 11.6. The zero-order valence-corrected chi connectivity index (χ0v) is 11.6. The molecule has 0 fully saturated rings. The first-order valence-corrected chi connectivity index (χ1v) is 6.78. The maximum absolute atomic E-state index is 6.07. The fourth-order valence-electron chi connectivity index (χ4n) is 3.07. The summed E-state index contributed by atoms with van der Waals surface area (Å²) in [5, 5.41) is 0.841. The van der Waals surface area contributed by atoms with Crippen molar-refractivity contribution in [1.29, 1.82) is 0 Å². The molecule has 1 aromatic carbocycles. The van der Waals surface area contributed by atoms with Gasteiger partial charge in [0.05, 0.1) is 12.5 Å². The molecular weight excluding hydrogens is 266 g/mol. The molecule has 3 aromatic rings. The number of fused-ring (bicyclic) bond motifs is 5. The number of hydrogen-bond donors (Lipinski definition) is 3. The molecule has 6 heteroatoms. The maximum Gasteiger partial charge on any atom is 0.223 e. The van der Waals surface area contributed by atoms with Crippen molar-refractivity contribution in [3.8, 4) is 16.9 Å². The number of nitrogen functional groups attached to an aromatic ring is 2. The van der Waals surface area contributed by atoms with Crippen LogP contribution in [0.1, 0.15) is 11.3 Å². The molecule has 2 aromatic heterocycles. The van der Waals surface area contributed by atoms with E-state index in [2.05, 4.69) is 21.0 Å². The Kier molecular flexibility index (Phi) is 2.35. The van der Waals surface area contributed by atoms with E-state index in [1.165, 1.54) is 5.56 Å². The van der Waals surface area contributed by atoms with Gasteiger partial charge in [0.2, 0.25) is 5.95 Å². The van der Waals surface area contributed by atoms with Gasteiger partial charge in [0, 0.05) is 11.3 Å². The summed E-state index contributed by atoms with van der Waals surface area (Å²) in [5.41, 5.74) is 17.0. The highest BCUT2D eigenvalue weighted by atomic mass is 16.5. The van der Waals surface area contributed by atoms with Gasteiger partial charge in [0.15, 0.2) is 0 Å². The van der Waals surface area contributed by atoms with Crippen molar-refractivity contribution in [2.75, 3.05) is 18.6 Å². The number of methoxy groups -OCH3 is 1. The standard InChI is InChI=1S/C15H15N5O/c1-21-8-4-2-7-3-5-10-11(9(7)6-8)12-13(16)19-15(17)20-14(12)18-10/h2,4,6H,3,5H2,1H3,(H5,16,17,18,19,20). The summed E-state index contributed by atoms with van der Waals surface area (Å²) in [5.74, 6) is 1.42. The van der Waals surface area contributed by atoms with E-state index in [0.717, 1.165) is 40.8 Å². The quantitative estimate of drug-likeness (QED) is 0.632. The minimum absolute atomic E-state index is 0.185. The number of nitrogens with one attached hydrogen (secondary N) is 1. The van der Waals surface area contributed by atoms with Crippen molar-refractivity contribution in [3.05, 3.63) is 29.5 Å². The number of nitrogens with two attached hydrogens (primary N) is 2. The number of aryl methyl sites for hydroxylation is 2. The monoisotopic (exact) mass is 281 g/mol. The molecule has 0 saturated heterocycles. The summed E-state index contributed by atoms with van der Waals surface area (Å²) in [4.78, 5) is 11.7. The Morgan fingerprint density at radius 3 is 2.86 bits per heavy atom. The number of H-pyrrole nitrogens is 1. The Morgan fingerprint density at radius 1 is 1.19 bits per heavy atom. The molecule has 0 radical (unpaired) electrons. The Labute approximate surface area is 121 Å². The predicted octanol–water partition coefficient (Wildman–Crippen LogP) is 1.90. The average Bonchev–Trinajstić information content (AvgIpc) is 2.85. The molecule has 0 saturated carbocycles. The van der Waals surface area contributed by atoms with E-state index in [0.29, 0.717) is 11.5 Å². The molecule has 0 spiro atoms. The number of benzene rings is 1. The minimum atomic E-state index is 0.185. The molecule has 0 aliphatic heterocycles. The van der Waals surface area contributed by atoms with Gasteiger partial charge in [-0.2, -0.15) is 9.97 Å². The lowest BCUT2D eigenvalue weighted by Gasteiger charge is -2.17. The molecule has 21 heavy (non-hydrogen) atoms. The highest BCUT2D eigenvalue weighted by Crippen LogP contribution is 2.41. The number of aromatic amines is 1. The van der Waals surface area contributed by atoms with Crippen LogP contribution in [0, 0.1) is 0 Å². The largest absolute Gasteiger partial charge is 0.497 e. The summed E-state index contributed by atoms with van der Waals surface area (Å²) in [6.07, 6.45) is 1.90. The first-order valence-electron chi connectivity index (χ1n) is 6.78. The molecule has 0 amide bonds. The van der Waals surface area contributed by atoms with Gasteiger partial charge in [-0.05, 0) is 36.1 Å². The summed E-state index contributed by atoms with van der Waals surface area (Å²) < 4.78 is 5.34. The fraction of sp³-hybridized carbons (Fsp3) is 0.200. The molecule has 1 aliphatic rings. The van der Waals surface area contributed by atoms with Crippen molar-refractivity contribution in [2.24, 2.45) is 0 Å². The Balaban J connectivity index is 2.09. The van der Waals surface area contributed by atoms with E-state index in [4.69, 9.17) is 16.2 Å². The van der Waals surface area contributed by atoms with E-state index >= 15 is 0 Å². The van der Waals surface area contributed by atoms with Crippen LogP contribution in [0.2, 0.25) is 0 Å². The minimum Gasteiger partial charge on any atom is -0.497 e. The Bertz CT molecular complexity index is 868. The van der Waals surface area contributed by atoms with Crippen LogP contribution in [0.3, 0.4) is 0 Å². The van der Waals surface area contributed by atoms with E-state index in [-0.39, 0.29) is 5.95 Å². The molecule has 0 bridgehead atoms. The first-order chi connectivity index (χ1) is 10.2. The summed E-state index contributed by atoms with van der Waals surface area (Å²) >= 11 is 0. The second-order valence-corrected chi connectivity index (χ2v) is 5.19. The molecule has 106 valence electrons. The molecular formula is C15H15N5O. The Morgan fingerprint density at radius 2 is 2.05 bits per heavy atom. The first kappa shape index (κ1) is 12.0. The lowest BCUT2D eigenvalue weighted by Crippen LogP contribution is -2.04. The van der Waals surface area contributed by atoms with Gasteiger partial charge in [-0.15, -0.1) is 0 Å². The second-order valence-electron chi connectivity index (χ2n) is 5.19. The zero-order chi connectivity index (χ0) is 14.6. The van der Waals surface area contributed by atoms with Crippen molar-refractivity contribution in [2.45, 2.75) is 12.8 Å². The van der Waals surface area contributed by atoms with Crippen molar-refractivity contribution in [3.63, 3.8) is 0 Å². The van der Waals surface area contributed by atoms with Crippen LogP contribution < -0.4 is 16.2 Å². The van der Waals surface area contributed by atoms with Crippen LogP contribution in [0.15, 0.2) is 18.2 Å². The van der Waals surface area contributed by atoms with E-state index in [9.17, 15) is 0 Å². The van der Waals surface area contributed by atoms with E-state index in [1.807, 2.05) is 12.1 Å². The van der Waals surface area contributed by atoms with Gasteiger partial charge in [0.1, 0.15) is 17.2 Å². The van der Waals surface area contributed by atoms with Crippen LogP contribution >= 0.6 is 0 Å². The van der Waals surface area contributed by atoms with Crippen LogP contribution in [0.5, 0.6) is 5.75 Å². The van der Waals surface area contributed by atoms with Crippen LogP contribution in [-0.2, 0) is 12.8 Å². The third kappa shape index (κ3) is 1.65. The number of anilines is 2. The van der Waals surface area contributed by atoms with Crippen molar-refractivity contribution in [1.82, 2.24) is 15.0 Å². The molecule has 6 nitrogen and oxygen atoms in total. The van der Waals surface area contributed by atoms with Gasteiger partial charge in [-0.1, -0.05) is 6.07 Å². The lowest BCUT2D eigenvalue weighted by molar-refractivity contribution is 0.415. The number of hydrogen-bond acceptors (Lipinski definition) is 5. The number of nitrogens with zero attached hydrogens (tertiary/aromatic N) is 2. The summed E-state index contributed by atoms with van der Waals surface area (Å²) in [7, 11) is 1.67. The summed E-state index contributed by atoms with van der Waals surface area (Å²) in [6.45, 7) is 0.